The Bertz CT molecular complexity index is 605. The molecule has 100 valence electrons. The summed E-state index contributed by atoms with van der Waals surface area (Å²) < 4.78 is 1.89. The molecule has 19 heavy (non-hydrogen) atoms. The van der Waals surface area contributed by atoms with Crippen LogP contribution in [-0.2, 0) is 6.54 Å². The molecule has 2 aromatic rings. The van der Waals surface area contributed by atoms with Crippen molar-refractivity contribution in [2.75, 3.05) is 5.75 Å². The molecule has 2 heterocycles. The highest BCUT2D eigenvalue weighted by atomic mass is 32.2. The van der Waals surface area contributed by atoms with Gasteiger partial charge in [-0.2, -0.15) is 11.8 Å². The average molecular weight is 277 g/mol. The van der Waals surface area contributed by atoms with Gasteiger partial charge in [-0.15, -0.1) is 5.10 Å². The number of carboxylic acid groups (broad SMARTS) is 1. The minimum Gasteiger partial charge on any atom is -0.478 e. The van der Waals surface area contributed by atoms with Gasteiger partial charge in [-0.05, 0) is 36.8 Å². The van der Waals surface area contributed by atoms with Crippen LogP contribution in [0.15, 0.2) is 18.2 Å². The Kier molecular flexibility index (Phi) is 3.42. The smallest absolute Gasteiger partial charge is 0.335 e. The molecule has 1 aliphatic rings. The highest BCUT2D eigenvalue weighted by molar-refractivity contribution is 7.99. The second-order valence-corrected chi connectivity index (χ2v) is 6.18. The average Bonchev–Trinajstić information content (AvgIpc) is 2.82. The molecule has 3 rings (SSSR count). The lowest BCUT2D eigenvalue weighted by molar-refractivity contribution is 0.0697. The highest BCUT2D eigenvalue weighted by Crippen LogP contribution is 2.27. The van der Waals surface area contributed by atoms with Gasteiger partial charge in [-0.25, -0.2) is 9.48 Å². The number of carbonyl (C=O) groups is 1. The van der Waals surface area contributed by atoms with E-state index >= 15 is 0 Å². The lowest BCUT2D eigenvalue weighted by Crippen LogP contribution is -2.17. The Morgan fingerprint density at radius 3 is 3.11 bits per heavy atom. The molecular formula is C13H15N3O2S. The minimum absolute atomic E-state index is 0.256. The Morgan fingerprint density at radius 2 is 2.37 bits per heavy atom. The van der Waals surface area contributed by atoms with Crippen molar-refractivity contribution < 1.29 is 9.90 Å². The lowest BCUT2D eigenvalue weighted by atomic mass is 10.2. The van der Waals surface area contributed by atoms with E-state index in [1.54, 1.807) is 18.2 Å². The Hall–Kier alpha value is -1.56. The number of fused-ring (bicyclic) bond motifs is 1. The van der Waals surface area contributed by atoms with Gasteiger partial charge in [0.2, 0.25) is 0 Å². The fourth-order valence-corrected chi connectivity index (χ4v) is 3.67. The molecule has 1 aromatic heterocycles. The summed E-state index contributed by atoms with van der Waals surface area (Å²) >= 11 is 2.00. The zero-order valence-electron chi connectivity index (χ0n) is 10.5. The van der Waals surface area contributed by atoms with Crippen LogP contribution >= 0.6 is 11.8 Å². The van der Waals surface area contributed by atoms with E-state index in [1.807, 2.05) is 16.4 Å². The van der Waals surface area contributed by atoms with E-state index < -0.39 is 5.97 Å². The molecule has 6 heteroatoms. The van der Waals surface area contributed by atoms with Crippen LogP contribution in [0.25, 0.3) is 11.0 Å². The van der Waals surface area contributed by atoms with Crippen molar-refractivity contribution in [2.24, 2.45) is 0 Å². The van der Waals surface area contributed by atoms with Crippen LogP contribution in [0, 0.1) is 0 Å². The zero-order chi connectivity index (χ0) is 13.2. The van der Waals surface area contributed by atoms with Crippen molar-refractivity contribution in [3.63, 3.8) is 0 Å². The van der Waals surface area contributed by atoms with Crippen molar-refractivity contribution >= 4 is 28.8 Å². The molecular weight excluding hydrogens is 262 g/mol. The molecule has 0 saturated carbocycles. The van der Waals surface area contributed by atoms with Crippen molar-refractivity contribution in [1.29, 1.82) is 0 Å². The molecule has 1 N–H and O–H groups in total. The van der Waals surface area contributed by atoms with Crippen molar-refractivity contribution in [3.8, 4) is 0 Å². The number of aromatic nitrogens is 3. The number of carboxylic acids is 1. The molecule has 1 aromatic carbocycles. The fraction of sp³-hybridized carbons (Fsp3) is 0.462. The summed E-state index contributed by atoms with van der Waals surface area (Å²) in [4.78, 5) is 10.9. The Balaban J connectivity index is 1.86. The predicted molar refractivity (Wildman–Crippen MR) is 74.6 cm³/mol. The van der Waals surface area contributed by atoms with Gasteiger partial charge in [-0.1, -0.05) is 11.6 Å². The zero-order valence-corrected chi connectivity index (χ0v) is 11.3. The molecule has 0 bridgehead atoms. The number of benzene rings is 1. The number of hydrogen-bond acceptors (Lipinski definition) is 4. The normalized spacial score (nSPS) is 19.7. The van der Waals surface area contributed by atoms with Gasteiger partial charge in [0, 0.05) is 5.25 Å². The second kappa shape index (κ2) is 5.21. The fourth-order valence-electron chi connectivity index (χ4n) is 2.38. The molecule has 1 fully saturated rings. The molecule has 0 spiro atoms. The second-order valence-electron chi connectivity index (χ2n) is 4.77. The molecule has 5 nitrogen and oxygen atoms in total. The molecule has 1 aliphatic heterocycles. The van der Waals surface area contributed by atoms with E-state index in [0.717, 1.165) is 12.1 Å². The highest BCUT2D eigenvalue weighted by Gasteiger charge is 2.17. The first kappa shape index (κ1) is 12.5. The quantitative estimate of drug-likeness (QED) is 0.933. The molecule has 0 radical (unpaired) electrons. The molecule has 0 aliphatic carbocycles. The van der Waals surface area contributed by atoms with E-state index in [1.165, 1.54) is 25.0 Å². The van der Waals surface area contributed by atoms with Crippen LogP contribution in [0.5, 0.6) is 0 Å². The maximum Gasteiger partial charge on any atom is 0.335 e. The first-order valence-corrected chi connectivity index (χ1v) is 7.47. The number of aromatic carboxylic acids is 1. The van der Waals surface area contributed by atoms with Crippen LogP contribution in [0.4, 0.5) is 0 Å². The van der Waals surface area contributed by atoms with Gasteiger partial charge in [0.15, 0.2) is 0 Å². The molecule has 1 saturated heterocycles. The summed E-state index contributed by atoms with van der Waals surface area (Å²) in [6, 6.07) is 4.99. The summed E-state index contributed by atoms with van der Waals surface area (Å²) in [5.74, 6) is 0.291. The lowest BCUT2D eigenvalue weighted by Gasteiger charge is -2.20. The van der Waals surface area contributed by atoms with Gasteiger partial charge >= 0.3 is 5.97 Å². The summed E-state index contributed by atoms with van der Waals surface area (Å²) in [7, 11) is 0. The predicted octanol–water partition coefficient (Wildman–Crippen LogP) is 2.42. The largest absolute Gasteiger partial charge is 0.478 e. The number of thioether (sulfide) groups is 1. The topological polar surface area (TPSA) is 68.0 Å². The maximum atomic E-state index is 10.9. The summed E-state index contributed by atoms with van der Waals surface area (Å²) in [6.45, 7) is 0.855. The third-order valence-electron chi connectivity index (χ3n) is 3.41. The van der Waals surface area contributed by atoms with Gasteiger partial charge < -0.3 is 5.11 Å². The summed E-state index contributed by atoms with van der Waals surface area (Å²) in [5.41, 5.74) is 1.82. The molecule has 1 atom stereocenters. The SMILES string of the molecule is O=C(O)c1ccc2c(c1)nnn2CC1CCCCS1. The van der Waals surface area contributed by atoms with Crippen LogP contribution in [-0.4, -0.2) is 37.1 Å². The van der Waals surface area contributed by atoms with Gasteiger partial charge in [0.1, 0.15) is 5.52 Å². The Morgan fingerprint density at radius 1 is 1.47 bits per heavy atom. The number of hydrogen-bond donors (Lipinski definition) is 1. The van der Waals surface area contributed by atoms with Gasteiger partial charge in [0.25, 0.3) is 0 Å². The van der Waals surface area contributed by atoms with Crippen molar-refractivity contribution in [1.82, 2.24) is 15.0 Å². The third kappa shape index (κ3) is 2.58. The van der Waals surface area contributed by atoms with Crippen LogP contribution in [0.3, 0.4) is 0 Å². The van der Waals surface area contributed by atoms with E-state index in [2.05, 4.69) is 10.3 Å². The van der Waals surface area contributed by atoms with E-state index in [9.17, 15) is 4.79 Å². The van der Waals surface area contributed by atoms with Crippen LogP contribution in [0.2, 0.25) is 0 Å². The number of nitrogens with zero attached hydrogens (tertiary/aromatic N) is 3. The Labute approximate surface area is 115 Å². The van der Waals surface area contributed by atoms with Crippen LogP contribution < -0.4 is 0 Å². The maximum absolute atomic E-state index is 10.9. The summed E-state index contributed by atoms with van der Waals surface area (Å²) in [5, 5.41) is 17.8. The van der Waals surface area contributed by atoms with Crippen molar-refractivity contribution in [3.05, 3.63) is 23.8 Å². The van der Waals surface area contributed by atoms with E-state index in [0.29, 0.717) is 10.8 Å². The standard InChI is InChI=1S/C13H15N3O2S/c17-13(18)9-4-5-12-11(7-9)14-15-16(12)8-10-3-1-2-6-19-10/h4-5,7,10H,1-3,6,8H2,(H,17,18). The van der Waals surface area contributed by atoms with Crippen molar-refractivity contribution in [2.45, 2.75) is 31.1 Å². The third-order valence-corrected chi connectivity index (χ3v) is 4.79. The van der Waals surface area contributed by atoms with Gasteiger partial charge in [-0.3, -0.25) is 0 Å². The van der Waals surface area contributed by atoms with Crippen LogP contribution in [0.1, 0.15) is 29.6 Å². The van der Waals surface area contributed by atoms with E-state index in [4.69, 9.17) is 5.11 Å². The monoisotopic (exact) mass is 277 g/mol. The van der Waals surface area contributed by atoms with Gasteiger partial charge in [0.05, 0.1) is 17.6 Å². The first-order valence-electron chi connectivity index (χ1n) is 6.42. The minimum atomic E-state index is -0.931. The molecule has 0 amide bonds. The first-order chi connectivity index (χ1) is 9.24. The van der Waals surface area contributed by atoms with E-state index in [-0.39, 0.29) is 5.56 Å². The number of rotatable bonds is 3. The summed E-state index contributed by atoms with van der Waals surface area (Å²) in [6.07, 6.45) is 3.81. The molecule has 1 unspecified atom stereocenters.